The van der Waals surface area contributed by atoms with Gasteiger partial charge in [-0.25, -0.2) is 0 Å². The third kappa shape index (κ3) is 5.17. The largest absolute Gasteiger partial charge is 0.379 e. The summed E-state index contributed by atoms with van der Waals surface area (Å²) in [6, 6.07) is 16.3. The van der Waals surface area contributed by atoms with Gasteiger partial charge in [0.1, 0.15) is 0 Å². The average molecular weight is 390 g/mol. The molecule has 1 atom stereocenters. The summed E-state index contributed by atoms with van der Waals surface area (Å²) in [5.74, 6) is 0. The van der Waals surface area contributed by atoms with E-state index in [-0.39, 0.29) is 6.04 Å². The zero-order valence-electron chi connectivity index (χ0n) is 14.9. The lowest BCUT2D eigenvalue weighted by Gasteiger charge is -2.31. The van der Waals surface area contributed by atoms with Crippen molar-refractivity contribution in [1.82, 2.24) is 10.2 Å². The highest BCUT2D eigenvalue weighted by molar-refractivity contribution is 7.80. The molecule has 0 saturated carbocycles. The summed E-state index contributed by atoms with van der Waals surface area (Å²) in [4.78, 5) is 2.40. The van der Waals surface area contributed by atoms with Crippen LogP contribution in [0.4, 0.5) is 5.69 Å². The summed E-state index contributed by atoms with van der Waals surface area (Å²) in [6.07, 6.45) is 0. The van der Waals surface area contributed by atoms with Crippen LogP contribution in [-0.2, 0) is 4.74 Å². The Balaban J connectivity index is 1.70. The van der Waals surface area contributed by atoms with Gasteiger partial charge in [0.05, 0.1) is 19.3 Å². The van der Waals surface area contributed by atoms with Crippen LogP contribution in [0.2, 0.25) is 5.02 Å². The van der Waals surface area contributed by atoms with Gasteiger partial charge in [-0.1, -0.05) is 48.0 Å². The quantitative estimate of drug-likeness (QED) is 0.755. The number of anilines is 1. The minimum atomic E-state index is 0.105. The van der Waals surface area contributed by atoms with Crippen LogP contribution < -0.4 is 10.6 Å². The standard InChI is InChI=1S/C20H24ClN3OS/c1-15-17(21)8-5-9-18(15)22-20(26)23-19(16-6-3-2-4-7-16)14-24-10-12-25-13-11-24/h2-9,19H,10-14H2,1H3,(H2,22,23,26)/t19-/m0/s1. The molecule has 138 valence electrons. The molecule has 6 heteroatoms. The summed E-state index contributed by atoms with van der Waals surface area (Å²) in [6.45, 7) is 6.31. The number of halogens is 1. The Labute approximate surface area is 165 Å². The third-order valence-electron chi connectivity index (χ3n) is 4.57. The second-order valence-corrected chi connectivity index (χ2v) is 7.20. The van der Waals surface area contributed by atoms with Gasteiger partial charge in [0.25, 0.3) is 0 Å². The molecule has 0 radical (unpaired) electrons. The molecule has 0 unspecified atom stereocenters. The zero-order chi connectivity index (χ0) is 18.4. The molecule has 0 aliphatic carbocycles. The highest BCUT2D eigenvalue weighted by Crippen LogP contribution is 2.23. The molecule has 1 fully saturated rings. The smallest absolute Gasteiger partial charge is 0.171 e. The minimum absolute atomic E-state index is 0.105. The first kappa shape index (κ1) is 19.1. The van der Waals surface area contributed by atoms with Gasteiger partial charge in [0.2, 0.25) is 0 Å². The minimum Gasteiger partial charge on any atom is -0.379 e. The van der Waals surface area contributed by atoms with Crippen LogP contribution >= 0.6 is 23.8 Å². The van der Waals surface area contributed by atoms with Crippen LogP contribution in [0, 0.1) is 6.92 Å². The molecular weight excluding hydrogens is 366 g/mol. The predicted octanol–water partition coefficient (Wildman–Crippen LogP) is 4.01. The van der Waals surface area contributed by atoms with E-state index in [1.807, 2.05) is 31.2 Å². The van der Waals surface area contributed by atoms with Crippen molar-refractivity contribution in [2.24, 2.45) is 0 Å². The lowest BCUT2D eigenvalue weighted by atomic mass is 10.1. The Hall–Kier alpha value is -1.66. The van der Waals surface area contributed by atoms with Gasteiger partial charge < -0.3 is 15.4 Å². The number of nitrogens with one attached hydrogen (secondary N) is 2. The van der Waals surface area contributed by atoms with E-state index in [0.717, 1.165) is 49.1 Å². The fourth-order valence-electron chi connectivity index (χ4n) is 3.02. The van der Waals surface area contributed by atoms with E-state index in [9.17, 15) is 0 Å². The van der Waals surface area contributed by atoms with Gasteiger partial charge in [-0.3, -0.25) is 4.90 Å². The zero-order valence-corrected chi connectivity index (χ0v) is 16.4. The van der Waals surface area contributed by atoms with Crippen LogP contribution in [-0.4, -0.2) is 42.9 Å². The Morgan fingerprint density at radius 1 is 1.15 bits per heavy atom. The van der Waals surface area contributed by atoms with Crippen molar-refractivity contribution in [3.8, 4) is 0 Å². The van der Waals surface area contributed by atoms with Gasteiger partial charge in [0.15, 0.2) is 5.11 Å². The highest BCUT2D eigenvalue weighted by atomic mass is 35.5. The summed E-state index contributed by atoms with van der Waals surface area (Å²) >= 11 is 11.8. The van der Waals surface area contributed by atoms with Crippen LogP contribution in [0.3, 0.4) is 0 Å². The molecule has 3 rings (SSSR count). The first-order valence-corrected chi connectivity index (χ1v) is 9.60. The van der Waals surface area contributed by atoms with E-state index in [1.165, 1.54) is 5.56 Å². The monoisotopic (exact) mass is 389 g/mol. The van der Waals surface area contributed by atoms with Crippen molar-refractivity contribution in [1.29, 1.82) is 0 Å². The molecule has 0 amide bonds. The lowest BCUT2D eigenvalue weighted by Crippen LogP contribution is -2.44. The fraction of sp³-hybridized carbons (Fsp3) is 0.350. The van der Waals surface area contributed by atoms with E-state index < -0.39 is 0 Å². The molecule has 1 saturated heterocycles. The molecule has 0 bridgehead atoms. The van der Waals surface area contributed by atoms with Crippen LogP contribution in [0.25, 0.3) is 0 Å². The molecule has 2 N–H and O–H groups in total. The fourth-order valence-corrected chi connectivity index (χ4v) is 3.45. The number of benzene rings is 2. The average Bonchev–Trinajstić information content (AvgIpc) is 2.66. The number of rotatable bonds is 5. The van der Waals surface area contributed by atoms with Gasteiger partial charge >= 0.3 is 0 Å². The van der Waals surface area contributed by atoms with E-state index in [2.05, 4.69) is 39.8 Å². The summed E-state index contributed by atoms with van der Waals surface area (Å²) in [5, 5.41) is 8.07. The highest BCUT2D eigenvalue weighted by Gasteiger charge is 2.19. The number of thiocarbonyl (C=S) groups is 1. The Morgan fingerprint density at radius 3 is 2.62 bits per heavy atom. The first-order chi connectivity index (χ1) is 12.6. The van der Waals surface area contributed by atoms with E-state index >= 15 is 0 Å². The SMILES string of the molecule is Cc1c(Cl)cccc1NC(=S)N[C@@H](CN1CCOCC1)c1ccccc1. The Bertz CT molecular complexity index is 735. The van der Waals surface area contributed by atoms with Gasteiger partial charge in [0, 0.05) is 30.3 Å². The number of hydrogen-bond donors (Lipinski definition) is 2. The first-order valence-electron chi connectivity index (χ1n) is 8.81. The van der Waals surface area contributed by atoms with E-state index in [4.69, 9.17) is 28.6 Å². The molecular formula is C20H24ClN3OS. The van der Waals surface area contributed by atoms with E-state index in [0.29, 0.717) is 5.11 Å². The summed E-state index contributed by atoms with van der Waals surface area (Å²) < 4.78 is 5.46. The molecule has 1 heterocycles. The number of ether oxygens (including phenoxy) is 1. The normalized spacial score (nSPS) is 16.1. The number of hydrogen-bond acceptors (Lipinski definition) is 3. The van der Waals surface area contributed by atoms with Crippen LogP contribution in [0.15, 0.2) is 48.5 Å². The maximum absolute atomic E-state index is 6.21. The van der Waals surface area contributed by atoms with Gasteiger partial charge in [-0.15, -0.1) is 0 Å². The van der Waals surface area contributed by atoms with Gasteiger partial charge in [-0.05, 0) is 42.4 Å². The molecule has 1 aliphatic heterocycles. The maximum atomic E-state index is 6.21. The van der Waals surface area contributed by atoms with Crippen LogP contribution in [0.1, 0.15) is 17.2 Å². The summed E-state index contributed by atoms with van der Waals surface area (Å²) in [7, 11) is 0. The Kier molecular flexibility index (Phi) is 6.86. The molecule has 4 nitrogen and oxygen atoms in total. The number of nitrogens with zero attached hydrogens (tertiary/aromatic N) is 1. The molecule has 0 spiro atoms. The predicted molar refractivity (Wildman–Crippen MR) is 112 cm³/mol. The second kappa shape index (κ2) is 9.33. The van der Waals surface area contributed by atoms with Crippen molar-refractivity contribution < 1.29 is 4.74 Å². The van der Waals surface area contributed by atoms with Crippen molar-refractivity contribution in [2.75, 3.05) is 38.2 Å². The van der Waals surface area contributed by atoms with Crippen molar-refractivity contribution in [2.45, 2.75) is 13.0 Å². The van der Waals surface area contributed by atoms with Crippen molar-refractivity contribution in [3.63, 3.8) is 0 Å². The second-order valence-electron chi connectivity index (χ2n) is 6.39. The molecule has 26 heavy (non-hydrogen) atoms. The van der Waals surface area contributed by atoms with Crippen molar-refractivity contribution >= 4 is 34.6 Å². The van der Waals surface area contributed by atoms with Gasteiger partial charge in [-0.2, -0.15) is 0 Å². The summed E-state index contributed by atoms with van der Waals surface area (Å²) in [5.41, 5.74) is 3.13. The van der Waals surface area contributed by atoms with Crippen molar-refractivity contribution in [3.05, 3.63) is 64.7 Å². The van der Waals surface area contributed by atoms with Crippen LogP contribution in [0.5, 0.6) is 0 Å². The molecule has 1 aliphatic rings. The molecule has 2 aromatic carbocycles. The molecule has 0 aromatic heterocycles. The molecule has 2 aromatic rings. The third-order valence-corrected chi connectivity index (χ3v) is 5.20. The number of morpholine rings is 1. The van der Waals surface area contributed by atoms with E-state index in [1.54, 1.807) is 0 Å². The maximum Gasteiger partial charge on any atom is 0.171 e. The lowest BCUT2D eigenvalue weighted by molar-refractivity contribution is 0.0344. The topological polar surface area (TPSA) is 36.5 Å². The Morgan fingerprint density at radius 2 is 1.88 bits per heavy atom.